The van der Waals surface area contributed by atoms with Crippen LogP contribution in [0.1, 0.15) is 26.2 Å². The molecule has 4 heteroatoms. The molecule has 1 aliphatic rings. The molecule has 0 spiro atoms. The predicted octanol–water partition coefficient (Wildman–Crippen LogP) is 0.645. The van der Waals surface area contributed by atoms with Crippen LogP contribution in [0.15, 0.2) is 0 Å². The van der Waals surface area contributed by atoms with Crippen LogP contribution in [-0.2, 0) is 19.1 Å². The summed E-state index contributed by atoms with van der Waals surface area (Å²) >= 11 is 0. The lowest BCUT2D eigenvalue weighted by molar-refractivity contribution is -0.185. The average Bonchev–Trinajstić information content (AvgIpc) is 1.99. The van der Waals surface area contributed by atoms with E-state index in [-0.39, 0.29) is 12.4 Å². The number of unbranched alkanes of at least 4 members (excludes halogenated alkanes) is 1. The van der Waals surface area contributed by atoms with E-state index in [0.29, 0.717) is 6.61 Å². The molecule has 1 atom stereocenters. The molecule has 1 fully saturated rings. The highest BCUT2D eigenvalue weighted by molar-refractivity contribution is 5.89. The summed E-state index contributed by atoms with van der Waals surface area (Å²) in [7, 11) is 0. The normalized spacial score (nSPS) is 21.1. The van der Waals surface area contributed by atoms with E-state index in [0.717, 1.165) is 12.8 Å². The van der Waals surface area contributed by atoms with Crippen molar-refractivity contribution in [2.75, 3.05) is 6.61 Å². The first kappa shape index (κ1) is 9.03. The second-order valence-electron chi connectivity index (χ2n) is 2.70. The highest BCUT2D eigenvalue weighted by atomic mass is 16.6. The van der Waals surface area contributed by atoms with Gasteiger partial charge in [0.1, 0.15) is 0 Å². The van der Waals surface area contributed by atoms with E-state index < -0.39 is 12.1 Å². The van der Waals surface area contributed by atoms with Crippen molar-refractivity contribution in [1.29, 1.82) is 0 Å². The Balaban J connectivity index is 2.08. The summed E-state index contributed by atoms with van der Waals surface area (Å²) < 4.78 is 9.34. The molecule has 68 valence electrons. The van der Waals surface area contributed by atoms with Gasteiger partial charge in [-0.05, 0) is 6.42 Å². The van der Waals surface area contributed by atoms with Crippen LogP contribution < -0.4 is 0 Å². The Hall–Kier alpha value is -1.06. The summed E-state index contributed by atoms with van der Waals surface area (Å²) in [5.41, 5.74) is 0. The van der Waals surface area contributed by atoms with Gasteiger partial charge < -0.3 is 9.47 Å². The van der Waals surface area contributed by atoms with Crippen molar-refractivity contribution in [2.45, 2.75) is 32.3 Å². The average molecular weight is 172 g/mol. The molecular weight excluding hydrogens is 160 g/mol. The van der Waals surface area contributed by atoms with Crippen LogP contribution in [0.4, 0.5) is 0 Å². The van der Waals surface area contributed by atoms with Crippen molar-refractivity contribution in [3.8, 4) is 0 Å². The lowest BCUT2D eigenvalue weighted by Gasteiger charge is -2.23. The van der Waals surface area contributed by atoms with Crippen LogP contribution in [0, 0.1) is 0 Å². The monoisotopic (exact) mass is 172 g/mol. The maximum absolute atomic E-state index is 10.9. The van der Waals surface area contributed by atoms with Crippen LogP contribution in [-0.4, -0.2) is 24.6 Å². The van der Waals surface area contributed by atoms with Crippen molar-refractivity contribution in [3.63, 3.8) is 0 Å². The molecule has 0 aromatic carbocycles. The number of cyclic esters (lactones) is 1. The zero-order valence-electron chi connectivity index (χ0n) is 7.04. The van der Waals surface area contributed by atoms with Gasteiger partial charge >= 0.3 is 11.9 Å². The molecular formula is C8H12O4. The third-order valence-electron chi connectivity index (χ3n) is 1.63. The summed E-state index contributed by atoms with van der Waals surface area (Å²) in [4.78, 5) is 21.3. The third-order valence-corrected chi connectivity index (χ3v) is 1.63. The molecule has 1 saturated heterocycles. The number of hydrogen-bond donors (Lipinski definition) is 0. The smallest absolute Gasteiger partial charge is 0.348 e. The van der Waals surface area contributed by atoms with Crippen LogP contribution >= 0.6 is 0 Å². The summed E-state index contributed by atoms with van der Waals surface area (Å²) in [6, 6.07) is 0. The molecule has 0 saturated carbocycles. The molecule has 0 amide bonds. The lowest BCUT2D eigenvalue weighted by Crippen LogP contribution is -2.40. The Kier molecular flexibility index (Phi) is 3.08. The number of hydrogen-bond acceptors (Lipinski definition) is 4. The summed E-state index contributed by atoms with van der Waals surface area (Å²) in [6.45, 7) is 2.43. The fourth-order valence-corrected chi connectivity index (χ4v) is 0.842. The zero-order valence-corrected chi connectivity index (χ0v) is 7.04. The van der Waals surface area contributed by atoms with Gasteiger partial charge in [0, 0.05) is 0 Å². The van der Waals surface area contributed by atoms with E-state index in [1.165, 1.54) is 0 Å². The Bertz CT molecular complexity index is 179. The summed E-state index contributed by atoms with van der Waals surface area (Å²) in [6.07, 6.45) is 1.38. The number of carbonyl (C=O) groups excluding carboxylic acids is 2. The number of carbonyl (C=O) groups is 2. The van der Waals surface area contributed by atoms with Crippen molar-refractivity contribution in [2.24, 2.45) is 0 Å². The van der Waals surface area contributed by atoms with Crippen molar-refractivity contribution < 1.29 is 19.1 Å². The third kappa shape index (κ3) is 2.22. The van der Waals surface area contributed by atoms with Gasteiger partial charge in [-0.1, -0.05) is 13.3 Å². The minimum atomic E-state index is -0.630. The molecule has 0 unspecified atom stereocenters. The molecule has 1 aliphatic heterocycles. The van der Waals surface area contributed by atoms with Crippen molar-refractivity contribution in [1.82, 2.24) is 0 Å². The minimum Gasteiger partial charge on any atom is -0.463 e. The minimum absolute atomic E-state index is 0.172. The first-order valence-electron chi connectivity index (χ1n) is 4.10. The topological polar surface area (TPSA) is 52.6 Å². The first-order chi connectivity index (χ1) is 5.74. The molecule has 0 radical (unpaired) electrons. The molecule has 1 heterocycles. The van der Waals surface area contributed by atoms with Gasteiger partial charge in [0.2, 0.25) is 6.10 Å². The van der Waals surface area contributed by atoms with Crippen LogP contribution in [0.25, 0.3) is 0 Å². The summed E-state index contributed by atoms with van der Waals surface area (Å²) in [5, 5.41) is 0. The molecule has 0 aliphatic carbocycles. The Morgan fingerprint density at radius 1 is 1.75 bits per heavy atom. The molecule has 4 nitrogen and oxygen atoms in total. The van der Waals surface area contributed by atoms with Crippen LogP contribution in [0.5, 0.6) is 0 Å². The molecule has 0 aromatic heterocycles. The van der Waals surface area contributed by atoms with E-state index in [4.69, 9.17) is 4.74 Å². The standard InChI is InChI=1S/C8H12O4/c1-2-3-4-11-8(10)6-5-7(9)12-6/h6H,2-5H2,1H3/t6-/m1/s1. The van der Waals surface area contributed by atoms with E-state index in [9.17, 15) is 9.59 Å². The van der Waals surface area contributed by atoms with E-state index >= 15 is 0 Å². The van der Waals surface area contributed by atoms with Gasteiger partial charge in [0.05, 0.1) is 13.0 Å². The SMILES string of the molecule is CCCCOC(=O)[C@H]1CC(=O)O1. The molecule has 0 N–H and O–H groups in total. The van der Waals surface area contributed by atoms with Crippen LogP contribution in [0.2, 0.25) is 0 Å². The molecule has 0 aromatic rings. The van der Waals surface area contributed by atoms with Gasteiger partial charge in [-0.25, -0.2) is 4.79 Å². The van der Waals surface area contributed by atoms with E-state index in [1.54, 1.807) is 0 Å². The van der Waals surface area contributed by atoms with Crippen LogP contribution in [0.3, 0.4) is 0 Å². The zero-order chi connectivity index (χ0) is 8.97. The predicted molar refractivity (Wildman–Crippen MR) is 40.4 cm³/mol. The second kappa shape index (κ2) is 4.09. The van der Waals surface area contributed by atoms with Gasteiger partial charge in [-0.15, -0.1) is 0 Å². The van der Waals surface area contributed by atoms with E-state index in [2.05, 4.69) is 4.74 Å². The second-order valence-corrected chi connectivity index (χ2v) is 2.70. The van der Waals surface area contributed by atoms with Gasteiger partial charge in [0.15, 0.2) is 0 Å². The molecule has 12 heavy (non-hydrogen) atoms. The van der Waals surface area contributed by atoms with Gasteiger partial charge in [-0.3, -0.25) is 4.79 Å². The Morgan fingerprint density at radius 2 is 2.42 bits per heavy atom. The fourth-order valence-electron chi connectivity index (χ4n) is 0.842. The maximum Gasteiger partial charge on any atom is 0.348 e. The first-order valence-corrected chi connectivity index (χ1v) is 4.10. The lowest BCUT2D eigenvalue weighted by atomic mass is 10.2. The number of rotatable bonds is 4. The fraction of sp³-hybridized carbons (Fsp3) is 0.750. The Labute approximate surface area is 70.8 Å². The highest BCUT2D eigenvalue weighted by Crippen LogP contribution is 2.14. The highest BCUT2D eigenvalue weighted by Gasteiger charge is 2.36. The summed E-state index contributed by atoms with van der Waals surface area (Å²) in [5.74, 6) is -0.740. The number of esters is 2. The van der Waals surface area contributed by atoms with Crippen molar-refractivity contribution >= 4 is 11.9 Å². The molecule has 0 bridgehead atoms. The van der Waals surface area contributed by atoms with E-state index in [1.807, 2.05) is 6.92 Å². The Morgan fingerprint density at radius 3 is 2.92 bits per heavy atom. The number of ether oxygens (including phenoxy) is 2. The largest absolute Gasteiger partial charge is 0.463 e. The van der Waals surface area contributed by atoms with Gasteiger partial charge in [-0.2, -0.15) is 0 Å². The maximum atomic E-state index is 10.9. The quantitative estimate of drug-likeness (QED) is 0.461. The van der Waals surface area contributed by atoms with Gasteiger partial charge in [0.25, 0.3) is 0 Å². The van der Waals surface area contributed by atoms with Crippen molar-refractivity contribution in [3.05, 3.63) is 0 Å². The molecule has 1 rings (SSSR count).